The highest BCUT2D eigenvalue weighted by atomic mass is 32.2. The second kappa shape index (κ2) is 13.4. The summed E-state index contributed by atoms with van der Waals surface area (Å²) >= 11 is 0. The fourth-order valence-electron chi connectivity index (χ4n) is 5.05. The summed E-state index contributed by atoms with van der Waals surface area (Å²) in [7, 11) is -3.53. The quantitative estimate of drug-likeness (QED) is 0.319. The Morgan fingerprint density at radius 2 is 1.56 bits per heavy atom. The number of hydrogen-bond donors (Lipinski definition) is 2. The third kappa shape index (κ3) is 8.03. The van der Waals surface area contributed by atoms with Crippen LogP contribution in [0.1, 0.15) is 54.8 Å². The van der Waals surface area contributed by atoms with Gasteiger partial charge in [-0.25, -0.2) is 13.1 Å². The van der Waals surface area contributed by atoms with E-state index < -0.39 is 16.1 Å². The van der Waals surface area contributed by atoms with Gasteiger partial charge in [-0.05, 0) is 60.9 Å². The maximum Gasteiger partial charge on any atom is 0.247 e. The zero-order valence-electron chi connectivity index (χ0n) is 23.1. The summed E-state index contributed by atoms with van der Waals surface area (Å²) < 4.78 is 33.4. The monoisotopic (exact) mass is 575 g/mol. The first kappa shape index (κ1) is 29.0. The number of amides is 2. The standard InChI is InChI=1S/C32H37N3O5S/c36-30(20-15-24-13-18-29(19-14-24)41(38,39)34-27-16-17-27)35(23-25-8-3-1-4-9-25)31(26-10-5-2-6-11-26)32(37)33-22-28-12-7-21-40-28/h1-6,8-11,13-14,18-19,27-28,31,34H,7,12,15-17,20-23H2,(H,33,37)/t28-,31+/m1/s1. The van der Waals surface area contributed by atoms with Gasteiger partial charge >= 0.3 is 0 Å². The number of rotatable bonds is 13. The highest BCUT2D eigenvalue weighted by molar-refractivity contribution is 7.89. The zero-order valence-corrected chi connectivity index (χ0v) is 23.9. The summed E-state index contributed by atoms with van der Waals surface area (Å²) in [5, 5.41) is 3.04. The number of carbonyl (C=O) groups is 2. The fraction of sp³-hybridized carbons (Fsp3) is 0.375. The molecule has 2 N–H and O–H groups in total. The zero-order chi connectivity index (χ0) is 28.7. The maximum atomic E-state index is 13.9. The van der Waals surface area contributed by atoms with E-state index in [9.17, 15) is 18.0 Å². The van der Waals surface area contributed by atoms with Gasteiger partial charge < -0.3 is 15.0 Å². The van der Waals surface area contributed by atoms with Crippen molar-refractivity contribution in [3.05, 3.63) is 102 Å². The molecule has 2 fully saturated rings. The van der Waals surface area contributed by atoms with Crippen molar-refractivity contribution in [3.63, 3.8) is 0 Å². The SMILES string of the molecule is O=C(NC[C@H]1CCCO1)[C@H](c1ccccc1)N(Cc1ccccc1)C(=O)CCc1ccc(S(=O)(=O)NC2CC2)cc1. The molecule has 1 aliphatic heterocycles. The van der Waals surface area contributed by atoms with Crippen LogP contribution in [-0.2, 0) is 37.3 Å². The van der Waals surface area contributed by atoms with Crippen molar-refractivity contribution in [1.29, 1.82) is 0 Å². The van der Waals surface area contributed by atoms with Crippen LogP contribution in [0.4, 0.5) is 0 Å². The number of carbonyl (C=O) groups excluding carboxylic acids is 2. The van der Waals surface area contributed by atoms with Gasteiger partial charge in [0.1, 0.15) is 6.04 Å². The molecule has 0 spiro atoms. The van der Waals surface area contributed by atoms with Gasteiger partial charge in [-0.1, -0.05) is 72.8 Å². The van der Waals surface area contributed by atoms with Gasteiger partial charge in [0.05, 0.1) is 11.0 Å². The molecule has 2 aliphatic rings. The Hall–Kier alpha value is -3.53. The van der Waals surface area contributed by atoms with Crippen LogP contribution in [0.3, 0.4) is 0 Å². The van der Waals surface area contributed by atoms with E-state index in [4.69, 9.17) is 4.74 Å². The lowest BCUT2D eigenvalue weighted by Gasteiger charge is -2.32. The van der Waals surface area contributed by atoms with Gasteiger partial charge in [0.2, 0.25) is 21.8 Å². The first-order valence-electron chi connectivity index (χ1n) is 14.3. The van der Waals surface area contributed by atoms with Crippen molar-refractivity contribution in [2.45, 2.75) is 68.2 Å². The summed E-state index contributed by atoms with van der Waals surface area (Å²) in [6.45, 7) is 1.38. The van der Waals surface area contributed by atoms with Crippen LogP contribution in [0.25, 0.3) is 0 Å². The van der Waals surface area contributed by atoms with E-state index in [1.54, 1.807) is 29.2 Å². The van der Waals surface area contributed by atoms with Crippen molar-refractivity contribution < 1.29 is 22.7 Å². The lowest BCUT2D eigenvalue weighted by atomic mass is 10.0. The number of nitrogens with zero attached hydrogens (tertiary/aromatic N) is 1. The van der Waals surface area contributed by atoms with Crippen LogP contribution in [0.15, 0.2) is 89.8 Å². The summed E-state index contributed by atoms with van der Waals surface area (Å²) in [5.74, 6) is -0.407. The molecule has 0 aromatic heterocycles. The maximum absolute atomic E-state index is 13.9. The number of hydrogen-bond acceptors (Lipinski definition) is 5. The Kier molecular flexibility index (Phi) is 9.49. The second-order valence-electron chi connectivity index (χ2n) is 10.7. The van der Waals surface area contributed by atoms with Crippen LogP contribution < -0.4 is 10.0 Å². The minimum absolute atomic E-state index is 0.0140. The highest BCUT2D eigenvalue weighted by Crippen LogP contribution is 2.26. The third-order valence-corrected chi connectivity index (χ3v) is 9.02. The molecule has 0 radical (unpaired) electrons. The highest BCUT2D eigenvalue weighted by Gasteiger charge is 2.32. The minimum Gasteiger partial charge on any atom is -0.376 e. The number of benzene rings is 3. The van der Waals surface area contributed by atoms with Gasteiger partial charge in [-0.3, -0.25) is 9.59 Å². The molecule has 5 rings (SSSR count). The molecule has 1 saturated heterocycles. The van der Waals surface area contributed by atoms with Gasteiger partial charge in [-0.15, -0.1) is 0 Å². The molecule has 9 heteroatoms. The Morgan fingerprint density at radius 3 is 2.20 bits per heavy atom. The third-order valence-electron chi connectivity index (χ3n) is 7.48. The molecule has 0 unspecified atom stereocenters. The number of sulfonamides is 1. The first-order chi connectivity index (χ1) is 19.9. The van der Waals surface area contributed by atoms with E-state index in [-0.39, 0.29) is 41.8 Å². The van der Waals surface area contributed by atoms with Crippen LogP contribution in [0.2, 0.25) is 0 Å². The average molecular weight is 576 g/mol. The van der Waals surface area contributed by atoms with Crippen molar-refractivity contribution in [3.8, 4) is 0 Å². The second-order valence-corrected chi connectivity index (χ2v) is 12.5. The van der Waals surface area contributed by atoms with Crippen molar-refractivity contribution in [2.24, 2.45) is 0 Å². The van der Waals surface area contributed by atoms with Crippen LogP contribution in [0, 0.1) is 0 Å². The Balaban J connectivity index is 1.34. The molecule has 1 heterocycles. The van der Waals surface area contributed by atoms with Gasteiger partial charge in [-0.2, -0.15) is 0 Å². The summed E-state index contributed by atoms with van der Waals surface area (Å²) in [4.78, 5) is 29.4. The lowest BCUT2D eigenvalue weighted by molar-refractivity contribution is -0.141. The van der Waals surface area contributed by atoms with E-state index in [2.05, 4.69) is 10.0 Å². The molecule has 2 atom stereocenters. The van der Waals surface area contributed by atoms with E-state index in [0.717, 1.165) is 42.4 Å². The number of aryl methyl sites for hydroxylation is 1. The molecule has 3 aromatic carbocycles. The normalized spacial score (nSPS) is 17.6. The molecule has 216 valence electrons. The number of ether oxygens (including phenoxy) is 1. The first-order valence-corrected chi connectivity index (χ1v) is 15.8. The molecule has 1 saturated carbocycles. The Bertz CT molecular complexity index is 1400. The average Bonchev–Trinajstić information content (AvgIpc) is 3.63. The van der Waals surface area contributed by atoms with E-state index in [1.807, 2.05) is 60.7 Å². The summed E-state index contributed by atoms with van der Waals surface area (Å²) in [5.41, 5.74) is 2.51. The fourth-order valence-corrected chi connectivity index (χ4v) is 6.35. The molecule has 1 aliphatic carbocycles. The van der Waals surface area contributed by atoms with Crippen LogP contribution in [0.5, 0.6) is 0 Å². The molecular weight excluding hydrogens is 538 g/mol. The molecule has 8 nitrogen and oxygen atoms in total. The summed E-state index contributed by atoms with van der Waals surface area (Å²) in [6.07, 6.45) is 4.19. The van der Waals surface area contributed by atoms with Gasteiger partial charge in [0.15, 0.2) is 0 Å². The summed E-state index contributed by atoms with van der Waals surface area (Å²) in [6, 6.07) is 24.9. The van der Waals surface area contributed by atoms with E-state index in [0.29, 0.717) is 19.6 Å². The molecule has 2 amide bonds. The van der Waals surface area contributed by atoms with E-state index >= 15 is 0 Å². The topological polar surface area (TPSA) is 105 Å². The van der Waals surface area contributed by atoms with E-state index in [1.165, 1.54) is 0 Å². The largest absolute Gasteiger partial charge is 0.376 e. The molecular formula is C32H37N3O5S. The van der Waals surface area contributed by atoms with Gasteiger partial charge in [0, 0.05) is 32.2 Å². The number of nitrogens with one attached hydrogen (secondary N) is 2. The lowest BCUT2D eigenvalue weighted by Crippen LogP contribution is -2.45. The smallest absolute Gasteiger partial charge is 0.247 e. The van der Waals surface area contributed by atoms with Gasteiger partial charge in [0.25, 0.3) is 0 Å². The van der Waals surface area contributed by atoms with Crippen LogP contribution >= 0.6 is 0 Å². The predicted molar refractivity (Wildman–Crippen MR) is 156 cm³/mol. The molecule has 0 bridgehead atoms. The van der Waals surface area contributed by atoms with Crippen molar-refractivity contribution in [1.82, 2.24) is 14.9 Å². The predicted octanol–water partition coefficient (Wildman–Crippen LogP) is 4.13. The Morgan fingerprint density at radius 1 is 0.878 bits per heavy atom. The molecule has 3 aromatic rings. The Labute approximate surface area is 242 Å². The van der Waals surface area contributed by atoms with Crippen molar-refractivity contribution in [2.75, 3.05) is 13.2 Å². The van der Waals surface area contributed by atoms with Crippen molar-refractivity contribution >= 4 is 21.8 Å². The molecule has 41 heavy (non-hydrogen) atoms. The minimum atomic E-state index is -3.53. The van der Waals surface area contributed by atoms with Crippen LogP contribution in [-0.4, -0.2) is 50.4 Å².